The zero-order chi connectivity index (χ0) is 14.7. The second-order valence-corrected chi connectivity index (χ2v) is 6.00. The van der Waals surface area contributed by atoms with E-state index in [1.165, 1.54) is 22.3 Å². The van der Waals surface area contributed by atoms with Gasteiger partial charge in [0.25, 0.3) is 0 Å². The molecule has 2 atom stereocenters. The lowest BCUT2D eigenvalue weighted by Crippen LogP contribution is -2.28. The molecule has 0 bridgehead atoms. The second kappa shape index (κ2) is 6.42. The van der Waals surface area contributed by atoms with E-state index in [-0.39, 0.29) is 12.1 Å². The van der Waals surface area contributed by atoms with Gasteiger partial charge in [0.2, 0.25) is 0 Å². The van der Waals surface area contributed by atoms with Crippen LogP contribution in [0.5, 0.6) is 0 Å². The lowest BCUT2D eigenvalue weighted by atomic mass is 9.92. The summed E-state index contributed by atoms with van der Waals surface area (Å²) in [6.45, 7) is 2.92. The Morgan fingerprint density at radius 3 is 2.90 bits per heavy atom. The van der Waals surface area contributed by atoms with Crippen LogP contribution in [0, 0.1) is 6.92 Å². The predicted octanol–water partition coefficient (Wildman–Crippen LogP) is 3.57. The molecule has 2 nitrogen and oxygen atoms in total. The zero-order valence-corrected chi connectivity index (χ0v) is 12.6. The van der Waals surface area contributed by atoms with Crippen LogP contribution >= 0.6 is 0 Å². The maximum Gasteiger partial charge on any atom is 0.0842 e. The number of aryl methyl sites for hydroxylation is 1. The summed E-state index contributed by atoms with van der Waals surface area (Å²) in [7, 11) is 0. The molecule has 0 amide bonds. The third-order valence-electron chi connectivity index (χ3n) is 4.19. The Kier molecular flexibility index (Phi) is 4.37. The van der Waals surface area contributed by atoms with Crippen LogP contribution in [-0.2, 0) is 17.6 Å². The van der Waals surface area contributed by atoms with Gasteiger partial charge in [-0.3, -0.25) is 0 Å². The number of hydrogen-bond donors (Lipinski definition) is 1. The maximum absolute atomic E-state index is 6.36. The lowest BCUT2D eigenvalue weighted by Gasteiger charge is -2.28. The molecular weight excluding hydrogens is 258 g/mol. The summed E-state index contributed by atoms with van der Waals surface area (Å²) >= 11 is 0. The van der Waals surface area contributed by atoms with Crippen molar-refractivity contribution in [1.82, 2.24) is 0 Å². The highest BCUT2D eigenvalue weighted by Gasteiger charge is 2.22. The number of hydrogen-bond acceptors (Lipinski definition) is 2. The molecule has 2 unspecified atom stereocenters. The van der Waals surface area contributed by atoms with E-state index in [0.29, 0.717) is 0 Å². The minimum Gasteiger partial charge on any atom is -0.373 e. The number of fused-ring (bicyclic) bond motifs is 1. The molecule has 2 N–H and O–H groups in total. The minimum absolute atomic E-state index is 0.128. The van der Waals surface area contributed by atoms with Crippen molar-refractivity contribution in [2.24, 2.45) is 5.73 Å². The Bertz CT molecular complexity index is 608. The number of benzene rings is 2. The molecule has 0 saturated carbocycles. The van der Waals surface area contributed by atoms with E-state index in [2.05, 4.69) is 55.5 Å². The van der Waals surface area contributed by atoms with Gasteiger partial charge in [-0.2, -0.15) is 0 Å². The van der Waals surface area contributed by atoms with Gasteiger partial charge in [-0.15, -0.1) is 0 Å². The highest BCUT2D eigenvalue weighted by molar-refractivity contribution is 5.31. The summed E-state index contributed by atoms with van der Waals surface area (Å²) in [6, 6.07) is 17.3. The van der Waals surface area contributed by atoms with Crippen LogP contribution in [0.15, 0.2) is 48.5 Å². The van der Waals surface area contributed by atoms with E-state index < -0.39 is 0 Å². The zero-order valence-electron chi connectivity index (χ0n) is 12.6. The Morgan fingerprint density at radius 1 is 1.19 bits per heavy atom. The summed E-state index contributed by atoms with van der Waals surface area (Å²) < 4.78 is 5.96. The van der Waals surface area contributed by atoms with Gasteiger partial charge in [0, 0.05) is 6.04 Å². The van der Waals surface area contributed by atoms with E-state index in [9.17, 15) is 0 Å². The fourth-order valence-electron chi connectivity index (χ4n) is 3.17. The van der Waals surface area contributed by atoms with E-state index in [4.69, 9.17) is 10.5 Å². The molecule has 2 heteroatoms. The van der Waals surface area contributed by atoms with E-state index in [1.54, 1.807) is 0 Å². The summed E-state index contributed by atoms with van der Waals surface area (Å²) in [5.41, 5.74) is 11.7. The first kappa shape index (κ1) is 14.3. The lowest BCUT2D eigenvalue weighted by molar-refractivity contribution is 0.0321. The molecule has 0 spiro atoms. The quantitative estimate of drug-likeness (QED) is 0.930. The summed E-state index contributed by atoms with van der Waals surface area (Å²) in [5, 5.41) is 0. The van der Waals surface area contributed by atoms with Crippen LogP contribution in [0.2, 0.25) is 0 Å². The first-order chi connectivity index (χ1) is 10.2. The maximum atomic E-state index is 6.36. The monoisotopic (exact) mass is 281 g/mol. The fraction of sp³-hybridized carbons (Fsp3) is 0.368. The van der Waals surface area contributed by atoms with E-state index >= 15 is 0 Å². The summed E-state index contributed by atoms with van der Waals surface area (Å²) in [5.74, 6) is 0. The third-order valence-corrected chi connectivity index (χ3v) is 4.19. The predicted molar refractivity (Wildman–Crippen MR) is 86.3 cm³/mol. The molecule has 0 radical (unpaired) electrons. The van der Waals surface area contributed by atoms with Gasteiger partial charge < -0.3 is 10.5 Å². The van der Waals surface area contributed by atoms with Crippen molar-refractivity contribution in [1.29, 1.82) is 0 Å². The van der Waals surface area contributed by atoms with Crippen molar-refractivity contribution in [3.05, 3.63) is 70.8 Å². The summed E-state index contributed by atoms with van der Waals surface area (Å²) in [6.07, 6.45) is 2.95. The first-order valence-electron chi connectivity index (χ1n) is 7.73. The second-order valence-electron chi connectivity index (χ2n) is 6.00. The molecule has 3 rings (SSSR count). The van der Waals surface area contributed by atoms with Crippen molar-refractivity contribution < 1.29 is 4.74 Å². The molecule has 0 aliphatic carbocycles. The van der Waals surface area contributed by atoms with Gasteiger partial charge >= 0.3 is 0 Å². The topological polar surface area (TPSA) is 35.2 Å². The Balaban J connectivity index is 1.67. The molecule has 0 saturated heterocycles. The molecule has 1 heterocycles. The van der Waals surface area contributed by atoms with Gasteiger partial charge in [-0.05, 0) is 42.9 Å². The van der Waals surface area contributed by atoms with Crippen molar-refractivity contribution in [2.75, 3.05) is 6.61 Å². The van der Waals surface area contributed by atoms with Gasteiger partial charge in [-0.1, -0.05) is 54.1 Å². The number of ether oxygens (including phenoxy) is 1. The van der Waals surface area contributed by atoms with Gasteiger partial charge in [-0.25, -0.2) is 0 Å². The molecule has 21 heavy (non-hydrogen) atoms. The Morgan fingerprint density at radius 2 is 2.05 bits per heavy atom. The molecule has 1 aliphatic heterocycles. The molecule has 1 aliphatic rings. The molecular formula is C19H23NO. The van der Waals surface area contributed by atoms with Crippen LogP contribution in [0.3, 0.4) is 0 Å². The molecule has 2 aromatic rings. The molecule has 0 fully saturated rings. The first-order valence-corrected chi connectivity index (χ1v) is 7.73. The average molecular weight is 281 g/mol. The van der Waals surface area contributed by atoms with Crippen LogP contribution in [0.4, 0.5) is 0 Å². The van der Waals surface area contributed by atoms with Crippen molar-refractivity contribution >= 4 is 0 Å². The largest absolute Gasteiger partial charge is 0.373 e. The van der Waals surface area contributed by atoms with Crippen molar-refractivity contribution in [3.8, 4) is 0 Å². The average Bonchev–Trinajstić information content (AvgIpc) is 2.47. The highest BCUT2D eigenvalue weighted by Crippen LogP contribution is 2.30. The van der Waals surface area contributed by atoms with Crippen LogP contribution in [-0.4, -0.2) is 12.6 Å². The van der Waals surface area contributed by atoms with E-state index in [0.717, 1.165) is 25.9 Å². The van der Waals surface area contributed by atoms with Crippen LogP contribution < -0.4 is 5.73 Å². The standard InChI is InChI=1S/C19H23NO/c1-14-5-4-6-15(11-14)12-17(20)13-19-18-8-3-2-7-16(18)9-10-21-19/h2-8,11,17,19H,9-10,12-13,20H2,1H3. The molecule has 2 aromatic carbocycles. The smallest absolute Gasteiger partial charge is 0.0842 e. The van der Waals surface area contributed by atoms with Crippen molar-refractivity contribution in [3.63, 3.8) is 0 Å². The fourth-order valence-corrected chi connectivity index (χ4v) is 3.17. The SMILES string of the molecule is Cc1cccc(CC(N)CC2OCCc3ccccc32)c1. The minimum atomic E-state index is 0.128. The normalized spacial score (nSPS) is 19.0. The van der Waals surface area contributed by atoms with Crippen LogP contribution in [0.25, 0.3) is 0 Å². The third kappa shape index (κ3) is 3.52. The summed E-state index contributed by atoms with van der Waals surface area (Å²) in [4.78, 5) is 0. The molecule has 110 valence electrons. The van der Waals surface area contributed by atoms with Gasteiger partial charge in [0.05, 0.1) is 12.7 Å². The Hall–Kier alpha value is -1.64. The molecule has 0 aromatic heterocycles. The highest BCUT2D eigenvalue weighted by atomic mass is 16.5. The van der Waals surface area contributed by atoms with Crippen molar-refractivity contribution in [2.45, 2.75) is 38.3 Å². The Labute approximate surface area is 126 Å². The number of nitrogens with two attached hydrogens (primary N) is 1. The number of rotatable bonds is 4. The van der Waals surface area contributed by atoms with Crippen LogP contribution in [0.1, 0.15) is 34.8 Å². The van der Waals surface area contributed by atoms with Gasteiger partial charge in [0.1, 0.15) is 0 Å². The van der Waals surface area contributed by atoms with E-state index in [1.807, 2.05) is 0 Å². The van der Waals surface area contributed by atoms with Gasteiger partial charge in [0.15, 0.2) is 0 Å².